The molecule has 0 aliphatic rings. The van der Waals surface area contributed by atoms with Gasteiger partial charge >= 0.3 is 5.51 Å². The zero-order chi connectivity index (χ0) is 11.9. The van der Waals surface area contributed by atoms with Crippen molar-refractivity contribution >= 4 is 9.84 Å². The van der Waals surface area contributed by atoms with E-state index in [-0.39, 0.29) is 5.56 Å². The molecular formula is C8H6F4O2S. The van der Waals surface area contributed by atoms with Crippen molar-refractivity contribution in [3.8, 4) is 0 Å². The maximum atomic E-state index is 12.9. The molecule has 1 rings (SSSR count). The van der Waals surface area contributed by atoms with Gasteiger partial charge in [0.25, 0.3) is 9.84 Å². The molecule has 0 aromatic heterocycles. The number of halogens is 4. The van der Waals surface area contributed by atoms with Crippen molar-refractivity contribution in [2.24, 2.45) is 0 Å². The minimum absolute atomic E-state index is 0.235. The lowest BCUT2D eigenvalue weighted by Crippen LogP contribution is -2.24. The number of benzene rings is 1. The third kappa shape index (κ3) is 2.11. The van der Waals surface area contributed by atoms with Gasteiger partial charge in [0.05, 0.1) is 0 Å². The Morgan fingerprint density at radius 2 is 1.73 bits per heavy atom. The third-order valence-corrected chi connectivity index (χ3v) is 3.18. The van der Waals surface area contributed by atoms with Gasteiger partial charge in [-0.3, -0.25) is 0 Å². The molecule has 1 aromatic rings. The van der Waals surface area contributed by atoms with Crippen LogP contribution in [0.3, 0.4) is 0 Å². The first kappa shape index (κ1) is 12.0. The predicted octanol–water partition coefficient (Wildman–Crippen LogP) is 2.43. The number of aryl methyl sites for hydroxylation is 1. The summed E-state index contributed by atoms with van der Waals surface area (Å²) in [5, 5.41) is 0. The molecule has 7 heteroatoms. The van der Waals surface area contributed by atoms with Gasteiger partial charge in [-0.1, -0.05) is 6.07 Å². The Morgan fingerprint density at radius 1 is 1.20 bits per heavy atom. The van der Waals surface area contributed by atoms with Gasteiger partial charge in [-0.2, -0.15) is 13.2 Å². The van der Waals surface area contributed by atoms with Crippen molar-refractivity contribution in [3.63, 3.8) is 0 Å². The molecule has 0 atom stereocenters. The van der Waals surface area contributed by atoms with Crippen LogP contribution < -0.4 is 0 Å². The first-order valence-corrected chi connectivity index (χ1v) is 5.22. The minimum atomic E-state index is -5.60. The van der Waals surface area contributed by atoms with Crippen LogP contribution in [0, 0.1) is 12.7 Å². The quantitative estimate of drug-likeness (QED) is 0.709. The van der Waals surface area contributed by atoms with Gasteiger partial charge in [-0.15, -0.1) is 0 Å². The van der Waals surface area contributed by atoms with E-state index < -0.39 is 26.1 Å². The summed E-state index contributed by atoms with van der Waals surface area (Å²) >= 11 is 0. The molecule has 0 unspecified atom stereocenters. The molecule has 0 aliphatic carbocycles. The summed E-state index contributed by atoms with van der Waals surface area (Å²) < 4.78 is 70.9. The number of rotatable bonds is 1. The van der Waals surface area contributed by atoms with Crippen molar-refractivity contribution < 1.29 is 26.0 Å². The molecule has 0 spiro atoms. The first-order chi connectivity index (χ1) is 6.66. The summed E-state index contributed by atoms with van der Waals surface area (Å²) in [7, 11) is -5.60. The Bertz CT molecular complexity index is 476. The topological polar surface area (TPSA) is 34.1 Å². The lowest BCUT2D eigenvalue weighted by molar-refractivity contribution is -0.0437. The van der Waals surface area contributed by atoms with E-state index >= 15 is 0 Å². The Balaban J connectivity index is 3.47. The zero-order valence-corrected chi connectivity index (χ0v) is 8.29. The summed E-state index contributed by atoms with van der Waals surface area (Å²) in [4.78, 5) is -1.34. The van der Waals surface area contributed by atoms with Crippen molar-refractivity contribution in [2.75, 3.05) is 0 Å². The summed E-state index contributed by atoms with van der Waals surface area (Å²) in [5.74, 6) is -1.40. The molecule has 0 N–H and O–H groups in total. The maximum Gasteiger partial charge on any atom is 0.502 e. The van der Waals surface area contributed by atoms with Crippen molar-refractivity contribution in [3.05, 3.63) is 29.6 Å². The van der Waals surface area contributed by atoms with Crippen molar-refractivity contribution in [2.45, 2.75) is 17.3 Å². The second-order valence-electron chi connectivity index (χ2n) is 2.88. The fourth-order valence-electron chi connectivity index (χ4n) is 0.941. The summed E-state index contributed by atoms with van der Waals surface area (Å²) in [6, 6.07) is 2.52. The second kappa shape index (κ2) is 3.48. The van der Waals surface area contributed by atoms with Gasteiger partial charge < -0.3 is 0 Å². The van der Waals surface area contributed by atoms with E-state index in [0.717, 1.165) is 0 Å². The number of hydrogen-bond acceptors (Lipinski definition) is 2. The van der Waals surface area contributed by atoms with Crippen molar-refractivity contribution in [1.82, 2.24) is 0 Å². The fourth-order valence-corrected chi connectivity index (χ4v) is 1.86. The Labute approximate surface area is 83.4 Å². The van der Waals surface area contributed by atoms with E-state index in [2.05, 4.69) is 0 Å². The Kier molecular flexibility index (Phi) is 2.77. The first-order valence-electron chi connectivity index (χ1n) is 3.74. The minimum Gasteiger partial charge on any atom is -0.214 e. The number of sulfone groups is 1. The Hall–Kier alpha value is -1.11. The van der Waals surface area contributed by atoms with Crippen LogP contribution in [0.2, 0.25) is 0 Å². The normalized spacial score (nSPS) is 12.9. The van der Waals surface area contributed by atoms with E-state index in [4.69, 9.17) is 0 Å². The van der Waals surface area contributed by atoms with E-state index in [0.29, 0.717) is 12.1 Å². The van der Waals surface area contributed by atoms with Crippen molar-refractivity contribution in [1.29, 1.82) is 0 Å². The maximum absolute atomic E-state index is 12.9. The van der Waals surface area contributed by atoms with Crippen LogP contribution >= 0.6 is 0 Å². The summed E-state index contributed by atoms with van der Waals surface area (Å²) in [6.45, 7) is 1.37. The smallest absolute Gasteiger partial charge is 0.214 e. The zero-order valence-electron chi connectivity index (χ0n) is 7.47. The molecule has 0 heterocycles. The molecule has 0 bridgehead atoms. The van der Waals surface area contributed by atoms with Crippen LogP contribution in [-0.4, -0.2) is 13.9 Å². The van der Waals surface area contributed by atoms with E-state index in [1.165, 1.54) is 13.0 Å². The molecule has 2 nitrogen and oxygen atoms in total. The molecule has 0 aliphatic heterocycles. The molecule has 0 amide bonds. The second-order valence-corrected chi connectivity index (χ2v) is 4.79. The van der Waals surface area contributed by atoms with Crippen LogP contribution in [0.25, 0.3) is 0 Å². The van der Waals surface area contributed by atoms with Crippen LogP contribution in [0.1, 0.15) is 5.56 Å². The lowest BCUT2D eigenvalue weighted by atomic mass is 10.2. The predicted molar refractivity (Wildman–Crippen MR) is 44.4 cm³/mol. The van der Waals surface area contributed by atoms with Crippen LogP contribution in [0.15, 0.2) is 23.1 Å². The highest BCUT2D eigenvalue weighted by Crippen LogP contribution is 2.31. The highest BCUT2D eigenvalue weighted by Gasteiger charge is 2.48. The van der Waals surface area contributed by atoms with Crippen LogP contribution in [0.5, 0.6) is 0 Å². The fraction of sp³-hybridized carbons (Fsp3) is 0.250. The van der Waals surface area contributed by atoms with Gasteiger partial charge in [0.1, 0.15) is 10.7 Å². The van der Waals surface area contributed by atoms with Crippen LogP contribution in [-0.2, 0) is 9.84 Å². The Morgan fingerprint density at radius 3 is 2.20 bits per heavy atom. The third-order valence-electron chi connectivity index (χ3n) is 1.68. The van der Waals surface area contributed by atoms with Gasteiger partial charge in [-0.25, -0.2) is 12.8 Å². The molecule has 84 valence electrons. The standard InChI is InChI=1S/C8H6F4O2S/c1-5-2-3-6(9)7(4-5)15(13,14)8(10,11)12/h2-4H,1H3. The molecule has 0 fully saturated rings. The number of alkyl halides is 3. The van der Waals surface area contributed by atoms with Crippen LogP contribution in [0.4, 0.5) is 17.6 Å². The average molecular weight is 242 g/mol. The molecule has 0 radical (unpaired) electrons. The van der Waals surface area contributed by atoms with E-state index in [1.807, 2.05) is 0 Å². The van der Waals surface area contributed by atoms with Gasteiger partial charge in [0.2, 0.25) is 0 Å². The lowest BCUT2D eigenvalue weighted by Gasteiger charge is -2.09. The molecule has 0 saturated heterocycles. The average Bonchev–Trinajstić information content (AvgIpc) is 2.07. The monoisotopic (exact) mass is 242 g/mol. The summed E-state index contributed by atoms with van der Waals surface area (Å²) in [5.41, 5.74) is -5.25. The molecular weight excluding hydrogens is 236 g/mol. The highest BCUT2D eigenvalue weighted by molar-refractivity contribution is 7.92. The number of hydrogen-bond donors (Lipinski definition) is 0. The van der Waals surface area contributed by atoms with Gasteiger partial charge in [0.15, 0.2) is 0 Å². The van der Waals surface area contributed by atoms with Gasteiger partial charge in [-0.05, 0) is 24.6 Å². The van der Waals surface area contributed by atoms with Gasteiger partial charge in [0, 0.05) is 0 Å². The molecule has 15 heavy (non-hydrogen) atoms. The molecule has 1 aromatic carbocycles. The highest BCUT2D eigenvalue weighted by atomic mass is 32.2. The SMILES string of the molecule is Cc1ccc(F)c(S(=O)(=O)C(F)(F)F)c1. The van der Waals surface area contributed by atoms with E-state index in [9.17, 15) is 26.0 Å². The summed E-state index contributed by atoms with van der Waals surface area (Å²) in [6.07, 6.45) is 0. The van der Waals surface area contributed by atoms with E-state index in [1.54, 1.807) is 0 Å². The molecule has 0 saturated carbocycles. The largest absolute Gasteiger partial charge is 0.502 e.